The van der Waals surface area contributed by atoms with E-state index in [1.807, 2.05) is 19.1 Å². The molecular weight excluding hydrogens is 368 g/mol. The Bertz CT molecular complexity index is 997. The largest absolute Gasteiger partial charge is 0.493 e. The molecule has 0 unspecified atom stereocenters. The highest BCUT2D eigenvalue weighted by Crippen LogP contribution is 2.44. The lowest BCUT2D eigenvalue weighted by atomic mass is 10.1. The van der Waals surface area contributed by atoms with Crippen molar-refractivity contribution in [3.8, 4) is 17.2 Å². The van der Waals surface area contributed by atoms with Gasteiger partial charge in [-0.05, 0) is 30.2 Å². The number of hydrogen-bond acceptors (Lipinski definition) is 4. The van der Waals surface area contributed by atoms with Gasteiger partial charge in [-0.2, -0.15) is 0 Å². The molecular formula is C20H21ClN2O4. The molecule has 0 aliphatic rings. The molecule has 0 fully saturated rings. The zero-order valence-corrected chi connectivity index (χ0v) is 16.4. The van der Waals surface area contributed by atoms with E-state index in [2.05, 4.69) is 10.3 Å². The van der Waals surface area contributed by atoms with E-state index in [0.29, 0.717) is 28.0 Å². The number of carbonyl (C=O) groups is 1. The average Bonchev–Trinajstić information content (AvgIpc) is 3.06. The molecule has 142 valence electrons. The minimum Gasteiger partial charge on any atom is -0.493 e. The van der Waals surface area contributed by atoms with Gasteiger partial charge in [-0.1, -0.05) is 17.7 Å². The molecule has 0 atom stereocenters. The van der Waals surface area contributed by atoms with E-state index in [0.717, 1.165) is 22.0 Å². The predicted molar refractivity (Wildman–Crippen MR) is 106 cm³/mol. The first-order valence-electron chi connectivity index (χ1n) is 8.34. The summed E-state index contributed by atoms with van der Waals surface area (Å²) in [6.45, 7) is 1.86. The molecule has 0 bridgehead atoms. The van der Waals surface area contributed by atoms with Gasteiger partial charge in [-0.15, -0.1) is 0 Å². The van der Waals surface area contributed by atoms with Crippen molar-refractivity contribution in [3.63, 3.8) is 0 Å². The number of aromatic nitrogens is 1. The number of amides is 1. The van der Waals surface area contributed by atoms with E-state index in [1.54, 1.807) is 39.7 Å². The molecule has 2 aromatic carbocycles. The Morgan fingerprint density at radius 3 is 2.56 bits per heavy atom. The van der Waals surface area contributed by atoms with Crippen LogP contribution in [0.25, 0.3) is 10.9 Å². The molecule has 0 saturated heterocycles. The van der Waals surface area contributed by atoms with Crippen molar-refractivity contribution in [2.45, 2.75) is 13.3 Å². The van der Waals surface area contributed by atoms with Crippen molar-refractivity contribution < 1.29 is 19.0 Å². The van der Waals surface area contributed by atoms with Crippen LogP contribution in [-0.4, -0.2) is 32.2 Å². The Labute approximate surface area is 162 Å². The summed E-state index contributed by atoms with van der Waals surface area (Å²) in [6, 6.07) is 7.23. The number of aromatic amines is 1. The maximum atomic E-state index is 12.6. The fourth-order valence-electron chi connectivity index (χ4n) is 3.08. The average molecular weight is 389 g/mol. The second-order valence-corrected chi connectivity index (χ2v) is 6.43. The second-order valence-electron chi connectivity index (χ2n) is 6.02. The summed E-state index contributed by atoms with van der Waals surface area (Å²) >= 11 is 6.12. The van der Waals surface area contributed by atoms with Gasteiger partial charge in [0.15, 0.2) is 11.5 Å². The first-order valence-corrected chi connectivity index (χ1v) is 8.71. The van der Waals surface area contributed by atoms with Crippen molar-refractivity contribution >= 4 is 34.1 Å². The van der Waals surface area contributed by atoms with E-state index in [-0.39, 0.29) is 12.3 Å². The van der Waals surface area contributed by atoms with Crippen molar-refractivity contribution in [1.29, 1.82) is 0 Å². The highest BCUT2D eigenvalue weighted by molar-refractivity contribution is 6.31. The van der Waals surface area contributed by atoms with Gasteiger partial charge in [0.05, 0.1) is 33.3 Å². The number of nitrogens with one attached hydrogen (secondary N) is 2. The van der Waals surface area contributed by atoms with Gasteiger partial charge in [0.1, 0.15) is 0 Å². The smallest absolute Gasteiger partial charge is 0.228 e. The van der Waals surface area contributed by atoms with E-state index < -0.39 is 0 Å². The Hall–Kier alpha value is -2.86. The topological polar surface area (TPSA) is 72.6 Å². The van der Waals surface area contributed by atoms with Crippen molar-refractivity contribution in [2.75, 3.05) is 26.6 Å². The Morgan fingerprint density at radius 1 is 1.15 bits per heavy atom. The normalized spacial score (nSPS) is 10.7. The maximum Gasteiger partial charge on any atom is 0.228 e. The summed E-state index contributed by atoms with van der Waals surface area (Å²) in [5.74, 6) is 1.40. The molecule has 3 aromatic rings. The van der Waals surface area contributed by atoms with Gasteiger partial charge in [-0.3, -0.25) is 4.79 Å². The zero-order valence-electron chi connectivity index (χ0n) is 15.6. The Balaban J connectivity index is 1.95. The van der Waals surface area contributed by atoms with Gasteiger partial charge in [-0.25, -0.2) is 0 Å². The first-order chi connectivity index (χ1) is 13.0. The number of benzene rings is 2. The van der Waals surface area contributed by atoms with Crippen LogP contribution >= 0.6 is 11.6 Å². The minimum atomic E-state index is -0.155. The SMILES string of the molecule is COc1cc2[nH]cc(CC(=O)Nc3cccc(Cl)c3C)c2c(OC)c1OC. The zero-order chi connectivity index (χ0) is 19.6. The van der Waals surface area contributed by atoms with Crippen LogP contribution in [0.2, 0.25) is 5.02 Å². The van der Waals surface area contributed by atoms with Gasteiger partial charge < -0.3 is 24.5 Å². The highest BCUT2D eigenvalue weighted by Gasteiger charge is 2.21. The molecule has 6 nitrogen and oxygen atoms in total. The molecule has 1 amide bonds. The van der Waals surface area contributed by atoms with Crippen molar-refractivity contribution in [2.24, 2.45) is 0 Å². The summed E-state index contributed by atoms with van der Waals surface area (Å²) in [5, 5.41) is 4.30. The number of halogens is 1. The molecule has 0 saturated carbocycles. The number of methoxy groups -OCH3 is 3. The summed E-state index contributed by atoms with van der Waals surface area (Å²) in [6.07, 6.45) is 1.95. The first kappa shape index (κ1) is 18.9. The standard InChI is InChI=1S/C20H21ClN2O4/c1-11-13(21)6-5-7-14(11)23-17(24)8-12-10-22-15-9-16(25-2)19(26-3)20(27-4)18(12)15/h5-7,9-10,22H,8H2,1-4H3,(H,23,24). The monoisotopic (exact) mass is 388 g/mol. The highest BCUT2D eigenvalue weighted by atomic mass is 35.5. The molecule has 7 heteroatoms. The molecule has 0 spiro atoms. The fraction of sp³-hybridized carbons (Fsp3) is 0.250. The number of ether oxygens (including phenoxy) is 3. The van der Waals surface area contributed by atoms with Crippen molar-refractivity contribution in [3.05, 3.63) is 46.6 Å². The minimum absolute atomic E-state index is 0.155. The molecule has 0 aliphatic carbocycles. The lowest BCUT2D eigenvalue weighted by molar-refractivity contribution is -0.115. The summed E-state index contributed by atoms with van der Waals surface area (Å²) in [4.78, 5) is 15.8. The van der Waals surface area contributed by atoms with Crippen LogP contribution in [-0.2, 0) is 11.2 Å². The van der Waals surface area contributed by atoms with Crippen LogP contribution in [0.3, 0.4) is 0 Å². The molecule has 27 heavy (non-hydrogen) atoms. The number of anilines is 1. The third-order valence-corrected chi connectivity index (χ3v) is 4.86. The van der Waals surface area contributed by atoms with Crippen LogP contribution in [0, 0.1) is 6.92 Å². The van der Waals surface area contributed by atoms with Crippen LogP contribution in [0.4, 0.5) is 5.69 Å². The van der Waals surface area contributed by atoms with Crippen LogP contribution in [0.1, 0.15) is 11.1 Å². The Morgan fingerprint density at radius 2 is 1.89 bits per heavy atom. The molecule has 1 heterocycles. The van der Waals surface area contributed by atoms with Gasteiger partial charge >= 0.3 is 0 Å². The summed E-state index contributed by atoms with van der Waals surface area (Å²) < 4.78 is 16.4. The second kappa shape index (κ2) is 7.80. The van der Waals surface area contributed by atoms with Gasteiger partial charge in [0, 0.05) is 28.4 Å². The lowest BCUT2D eigenvalue weighted by Gasteiger charge is -2.14. The predicted octanol–water partition coefficient (Wildman–Crippen LogP) is 4.34. The number of hydrogen-bond donors (Lipinski definition) is 2. The lowest BCUT2D eigenvalue weighted by Crippen LogP contribution is -2.15. The van der Waals surface area contributed by atoms with Crippen LogP contribution in [0.15, 0.2) is 30.5 Å². The van der Waals surface area contributed by atoms with E-state index in [9.17, 15) is 4.79 Å². The van der Waals surface area contributed by atoms with E-state index >= 15 is 0 Å². The molecule has 3 rings (SSSR count). The fourth-order valence-corrected chi connectivity index (χ4v) is 3.25. The third kappa shape index (κ3) is 3.53. The van der Waals surface area contributed by atoms with Crippen LogP contribution in [0.5, 0.6) is 17.2 Å². The maximum absolute atomic E-state index is 12.6. The molecule has 0 aliphatic heterocycles. The molecule has 1 aromatic heterocycles. The molecule has 2 N–H and O–H groups in total. The number of rotatable bonds is 6. The van der Waals surface area contributed by atoms with Crippen molar-refractivity contribution in [1.82, 2.24) is 4.98 Å². The number of carbonyl (C=O) groups excluding carboxylic acids is 1. The third-order valence-electron chi connectivity index (χ3n) is 4.45. The Kier molecular flexibility index (Phi) is 5.46. The number of H-pyrrole nitrogens is 1. The van der Waals surface area contributed by atoms with Gasteiger partial charge in [0.25, 0.3) is 0 Å². The molecule has 0 radical (unpaired) electrons. The van der Waals surface area contributed by atoms with E-state index in [4.69, 9.17) is 25.8 Å². The van der Waals surface area contributed by atoms with Crippen LogP contribution < -0.4 is 19.5 Å². The number of fused-ring (bicyclic) bond motifs is 1. The van der Waals surface area contributed by atoms with E-state index in [1.165, 1.54) is 0 Å². The van der Waals surface area contributed by atoms with Gasteiger partial charge in [0.2, 0.25) is 11.7 Å². The summed E-state index contributed by atoms with van der Waals surface area (Å²) in [7, 11) is 4.67. The summed E-state index contributed by atoms with van der Waals surface area (Å²) in [5.41, 5.74) is 3.11. The quantitative estimate of drug-likeness (QED) is 0.659.